The summed E-state index contributed by atoms with van der Waals surface area (Å²) in [5.74, 6) is -1.51. The monoisotopic (exact) mass is 652 g/mol. The third-order valence-electron chi connectivity index (χ3n) is 6.71. The van der Waals surface area contributed by atoms with Gasteiger partial charge in [-0.2, -0.15) is 0 Å². The number of carbonyl (C=O) groups is 3. The van der Waals surface area contributed by atoms with E-state index in [0.29, 0.717) is 39.7 Å². The summed E-state index contributed by atoms with van der Waals surface area (Å²) in [5, 5.41) is 10.2. The number of halogens is 3. The smallest absolute Gasteiger partial charge is 1.00 e. The molecule has 1 heterocycles. The van der Waals surface area contributed by atoms with E-state index in [9.17, 15) is 14.4 Å². The summed E-state index contributed by atoms with van der Waals surface area (Å²) in [6.07, 6.45) is 2.34. The molecule has 204 valence electrons. The molecule has 3 aromatic rings. The summed E-state index contributed by atoms with van der Waals surface area (Å²) < 4.78 is 0.731. The van der Waals surface area contributed by atoms with Crippen molar-refractivity contribution in [2.75, 3.05) is 6.54 Å². The molecular weight excluding hydrogens is 626 g/mol. The Morgan fingerprint density at radius 3 is 2.17 bits per heavy atom. The van der Waals surface area contributed by atoms with E-state index in [0.717, 1.165) is 10.0 Å². The summed E-state index contributed by atoms with van der Waals surface area (Å²) in [4.78, 5) is 42.9. The Balaban J connectivity index is 0.00000294. The molecule has 0 unspecified atom stereocenters. The van der Waals surface area contributed by atoms with Crippen LogP contribution >= 0.6 is 39.1 Å². The Bertz CT molecular complexity index is 1410. The van der Waals surface area contributed by atoms with Crippen LogP contribution in [0.3, 0.4) is 0 Å². The fourth-order valence-electron chi connectivity index (χ4n) is 4.72. The molecule has 0 radical (unpaired) electrons. The molecule has 2 amide bonds. The van der Waals surface area contributed by atoms with Gasteiger partial charge in [0, 0.05) is 39.1 Å². The zero-order valence-corrected chi connectivity index (χ0v) is 27.3. The van der Waals surface area contributed by atoms with Gasteiger partial charge >= 0.3 is 35.5 Å². The molecule has 0 aliphatic carbocycles. The van der Waals surface area contributed by atoms with Gasteiger partial charge in [0.05, 0.1) is 11.7 Å². The van der Waals surface area contributed by atoms with Crippen LogP contribution < -0.4 is 29.6 Å². The van der Waals surface area contributed by atoms with Gasteiger partial charge in [-0.05, 0) is 61.2 Å². The Morgan fingerprint density at radius 1 is 0.975 bits per heavy atom. The number of carbonyl (C=O) groups excluding carboxylic acids is 2. The SMILES string of the molecule is C[C@H](c1ccc(Cl)cc1)N1C(=O)C=C(c2ccccc2Br)N(CCCCC(=O)O)C(=O)[C@@H]1c1ccc(Cl)cc1.[H-].[Na+]. The van der Waals surface area contributed by atoms with Crippen LogP contribution in [0.25, 0.3) is 5.70 Å². The van der Waals surface area contributed by atoms with E-state index in [4.69, 9.17) is 28.3 Å². The molecule has 0 bridgehead atoms. The molecule has 2 atom stereocenters. The third-order valence-corrected chi connectivity index (χ3v) is 7.91. The average Bonchev–Trinajstić information content (AvgIpc) is 3.01. The van der Waals surface area contributed by atoms with Crippen LogP contribution in [0.4, 0.5) is 0 Å². The standard InChI is InChI=1S/C30H27BrCl2N2O4.Na.H/c1-19(20-9-13-22(32)14-10-20)35-27(36)18-26(24-6-2-3-7-25(24)31)34(17-5-4-8-28(37)38)30(39)29(35)21-11-15-23(33)16-12-21;;/h2-3,6-7,9-16,18-19,29H,4-5,8,17H2,1H3,(H,37,38);;/q;+1;-1/t19-,29+;;/m1../s1. The maximum Gasteiger partial charge on any atom is 1.00 e. The second-order valence-electron chi connectivity index (χ2n) is 9.28. The molecule has 1 aliphatic heterocycles. The van der Waals surface area contributed by atoms with Crippen LogP contribution in [0.1, 0.15) is 56.4 Å². The van der Waals surface area contributed by atoms with Crippen LogP contribution in [-0.2, 0) is 14.4 Å². The van der Waals surface area contributed by atoms with Gasteiger partial charge in [-0.1, -0.05) is 81.6 Å². The Hall–Kier alpha value is -2.13. The summed E-state index contributed by atoms with van der Waals surface area (Å²) in [5.41, 5.74) is 2.59. The van der Waals surface area contributed by atoms with Gasteiger partial charge in [-0.3, -0.25) is 14.4 Å². The van der Waals surface area contributed by atoms with E-state index >= 15 is 0 Å². The summed E-state index contributed by atoms with van der Waals surface area (Å²) in [7, 11) is 0. The Labute approximate surface area is 275 Å². The topological polar surface area (TPSA) is 77.9 Å². The Kier molecular flexibility index (Phi) is 11.9. The van der Waals surface area contributed by atoms with Crippen LogP contribution in [-0.4, -0.2) is 39.2 Å². The zero-order chi connectivity index (χ0) is 28.1. The summed E-state index contributed by atoms with van der Waals surface area (Å²) in [6.45, 7) is 2.13. The fraction of sp³-hybridized carbons (Fsp3) is 0.233. The van der Waals surface area contributed by atoms with Crippen molar-refractivity contribution in [3.8, 4) is 0 Å². The molecule has 0 aromatic heterocycles. The van der Waals surface area contributed by atoms with E-state index in [1.165, 1.54) is 6.08 Å². The second-order valence-corrected chi connectivity index (χ2v) is 11.0. The first-order valence-electron chi connectivity index (χ1n) is 12.5. The number of carboxylic acid groups (broad SMARTS) is 1. The van der Waals surface area contributed by atoms with Crippen molar-refractivity contribution in [1.82, 2.24) is 9.80 Å². The van der Waals surface area contributed by atoms with Crippen molar-refractivity contribution in [2.45, 2.75) is 38.3 Å². The first-order valence-corrected chi connectivity index (χ1v) is 14.0. The summed E-state index contributed by atoms with van der Waals surface area (Å²) >= 11 is 15.9. The van der Waals surface area contributed by atoms with Crippen molar-refractivity contribution in [3.63, 3.8) is 0 Å². The maximum atomic E-state index is 14.5. The van der Waals surface area contributed by atoms with E-state index in [1.807, 2.05) is 43.3 Å². The third kappa shape index (κ3) is 7.58. The van der Waals surface area contributed by atoms with Crippen LogP contribution in [0.15, 0.2) is 83.3 Å². The van der Waals surface area contributed by atoms with Crippen molar-refractivity contribution in [3.05, 3.63) is 110 Å². The number of hydrogen-bond donors (Lipinski definition) is 1. The number of aliphatic carboxylic acids is 1. The minimum atomic E-state index is -0.948. The molecule has 1 aliphatic rings. The van der Waals surface area contributed by atoms with Crippen LogP contribution in [0, 0.1) is 0 Å². The van der Waals surface area contributed by atoms with E-state index in [2.05, 4.69) is 15.9 Å². The molecule has 0 fully saturated rings. The average molecular weight is 654 g/mol. The van der Waals surface area contributed by atoms with Gasteiger partial charge in [0.2, 0.25) is 5.91 Å². The minimum Gasteiger partial charge on any atom is -1.00 e. The predicted octanol–water partition coefficient (Wildman–Crippen LogP) is 4.64. The Morgan fingerprint density at radius 2 is 1.57 bits per heavy atom. The van der Waals surface area contributed by atoms with E-state index in [-0.39, 0.29) is 55.8 Å². The maximum absolute atomic E-state index is 14.5. The van der Waals surface area contributed by atoms with Gasteiger partial charge in [-0.15, -0.1) is 0 Å². The molecule has 0 saturated heterocycles. The number of hydrogen-bond acceptors (Lipinski definition) is 3. The van der Waals surface area contributed by atoms with Crippen molar-refractivity contribution >= 4 is 62.6 Å². The summed E-state index contributed by atoms with van der Waals surface area (Å²) in [6, 6.07) is 20.1. The van der Waals surface area contributed by atoms with Gasteiger partial charge in [-0.25, -0.2) is 0 Å². The molecular formula is C30H28BrCl2N2NaO4. The normalized spacial score (nSPS) is 16.2. The van der Waals surface area contributed by atoms with Gasteiger partial charge in [0.1, 0.15) is 6.04 Å². The largest absolute Gasteiger partial charge is 1.00 e. The first-order chi connectivity index (χ1) is 18.7. The van der Waals surface area contributed by atoms with Gasteiger partial charge in [0.25, 0.3) is 5.91 Å². The minimum absolute atomic E-state index is 0. The molecule has 1 N–H and O–H groups in total. The molecule has 4 rings (SSSR count). The molecule has 0 spiro atoms. The first kappa shape index (κ1) is 32.4. The van der Waals surface area contributed by atoms with Crippen LogP contribution in [0.5, 0.6) is 0 Å². The molecule has 0 saturated carbocycles. The number of benzene rings is 3. The molecule has 10 heteroatoms. The number of amides is 2. The molecule has 3 aromatic carbocycles. The van der Waals surface area contributed by atoms with Crippen molar-refractivity contribution in [1.29, 1.82) is 0 Å². The quantitative estimate of drug-likeness (QED) is 0.270. The number of rotatable bonds is 9. The van der Waals surface area contributed by atoms with Crippen molar-refractivity contribution in [2.24, 2.45) is 0 Å². The van der Waals surface area contributed by atoms with Gasteiger partial charge in [0.15, 0.2) is 0 Å². The number of unbranched alkanes of at least 4 members (excludes halogenated alkanes) is 1. The fourth-order valence-corrected chi connectivity index (χ4v) is 5.46. The number of nitrogens with zero attached hydrogens (tertiary/aromatic N) is 2. The van der Waals surface area contributed by atoms with E-state index in [1.54, 1.807) is 46.2 Å². The number of carboxylic acids is 1. The molecule has 40 heavy (non-hydrogen) atoms. The van der Waals surface area contributed by atoms with E-state index < -0.39 is 18.1 Å². The van der Waals surface area contributed by atoms with Crippen LogP contribution in [0.2, 0.25) is 10.0 Å². The van der Waals surface area contributed by atoms with Crippen molar-refractivity contribution < 1.29 is 50.5 Å². The zero-order valence-electron chi connectivity index (χ0n) is 23.2. The molecule has 6 nitrogen and oxygen atoms in total. The van der Waals surface area contributed by atoms with Gasteiger partial charge < -0.3 is 16.3 Å². The predicted molar refractivity (Wildman–Crippen MR) is 157 cm³/mol. The second kappa shape index (κ2) is 14.7.